The standard InChI is InChI=1S/C18H27N3O5S/c1-12-17(13(2)26-19-12)27(23,24)20-8-5-16(11-20)21(18(22)14-3-4-14)15-6-9-25-10-7-15/h14-16H,3-11H2,1-2H3. The van der Waals surface area contributed by atoms with E-state index in [-0.39, 0.29) is 28.8 Å². The molecular formula is C18H27N3O5S. The molecular weight excluding hydrogens is 370 g/mol. The number of carbonyl (C=O) groups excluding carboxylic acids is 1. The van der Waals surface area contributed by atoms with Crippen LogP contribution in [0.1, 0.15) is 43.6 Å². The van der Waals surface area contributed by atoms with E-state index >= 15 is 0 Å². The Morgan fingerprint density at radius 2 is 1.81 bits per heavy atom. The summed E-state index contributed by atoms with van der Waals surface area (Å²) < 4.78 is 38.2. The van der Waals surface area contributed by atoms with Gasteiger partial charge in [-0.2, -0.15) is 4.31 Å². The van der Waals surface area contributed by atoms with Gasteiger partial charge in [0.1, 0.15) is 10.6 Å². The van der Waals surface area contributed by atoms with Crippen molar-refractivity contribution in [2.75, 3.05) is 26.3 Å². The molecule has 27 heavy (non-hydrogen) atoms. The normalized spacial score (nSPS) is 25.0. The maximum absolute atomic E-state index is 13.1. The second kappa shape index (κ2) is 7.18. The Balaban J connectivity index is 1.55. The molecule has 0 N–H and O–H groups in total. The minimum absolute atomic E-state index is 0.0727. The van der Waals surface area contributed by atoms with Gasteiger partial charge in [0, 0.05) is 44.3 Å². The molecule has 150 valence electrons. The second-order valence-electron chi connectivity index (χ2n) is 7.82. The Morgan fingerprint density at radius 3 is 2.41 bits per heavy atom. The van der Waals surface area contributed by atoms with E-state index in [0.29, 0.717) is 44.2 Å². The van der Waals surface area contributed by atoms with Crippen molar-refractivity contribution in [1.82, 2.24) is 14.4 Å². The van der Waals surface area contributed by atoms with Crippen molar-refractivity contribution in [2.45, 2.75) is 62.9 Å². The zero-order valence-electron chi connectivity index (χ0n) is 15.9. The summed E-state index contributed by atoms with van der Waals surface area (Å²) in [4.78, 5) is 15.1. The summed E-state index contributed by atoms with van der Waals surface area (Å²) in [6.45, 7) is 5.32. The van der Waals surface area contributed by atoms with E-state index < -0.39 is 10.0 Å². The number of aromatic nitrogens is 1. The van der Waals surface area contributed by atoms with Crippen molar-refractivity contribution < 1.29 is 22.5 Å². The number of sulfonamides is 1. The van der Waals surface area contributed by atoms with Crippen LogP contribution in [0.15, 0.2) is 9.42 Å². The lowest BCUT2D eigenvalue weighted by Gasteiger charge is -2.38. The maximum Gasteiger partial charge on any atom is 0.248 e. The van der Waals surface area contributed by atoms with Crippen LogP contribution in [0.2, 0.25) is 0 Å². The highest BCUT2D eigenvalue weighted by Crippen LogP contribution is 2.36. The van der Waals surface area contributed by atoms with Gasteiger partial charge in [0.2, 0.25) is 15.9 Å². The van der Waals surface area contributed by atoms with Gasteiger partial charge in [-0.15, -0.1) is 0 Å². The van der Waals surface area contributed by atoms with Crippen molar-refractivity contribution >= 4 is 15.9 Å². The van der Waals surface area contributed by atoms with Crippen LogP contribution in [-0.2, 0) is 19.6 Å². The van der Waals surface area contributed by atoms with Gasteiger partial charge in [-0.1, -0.05) is 5.16 Å². The van der Waals surface area contributed by atoms with Gasteiger partial charge in [0.25, 0.3) is 0 Å². The molecule has 2 saturated heterocycles. The molecule has 3 heterocycles. The summed E-state index contributed by atoms with van der Waals surface area (Å²) in [5, 5.41) is 3.78. The molecule has 1 aromatic rings. The van der Waals surface area contributed by atoms with E-state index in [2.05, 4.69) is 5.16 Å². The quantitative estimate of drug-likeness (QED) is 0.747. The first-order chi connectivity index (χ1) is 12.9. The predicted octanol–water partition coefficient (Wildman–Crippen LogP) is 1.47. The van der Waals surface area contributed by atoms with Crippen LogP contribution >= 0.6 is 0 Å². The van der Waals surface area contributed by atoms with Crippen LogP contribution in [0.4, 0.5) is 0 Å². The molecule has 1 aliphatic carbocycles. The summed E-state index contributed by atoms with van der Waals surface area (Å²) in [6, 6.07) is 0.0787. The number of ether oxygens (including phenoxy) is 1. The van der Waals surface area contributed by atoms with Gasteiger partial charge in [0.15, 0.2) is 5.76 Å². The molecule has 1 amide bonds. The highest BCUT2D eigenvalue weighted by atomic mass is 32.2. The molecule has 0 spiro atoms. The van der Waals surface area contributed by atoms with Crippen LogP contribution in [-0.4, -0.2) is 67.1 Å². The van der Waals surface area contributed by atoms with Crippen molar-refractivity contribution in [1.29, 1.82) is 0 Å². The van der Waals surface area contributed by atoms with Gasteiger partial charge >= 0.3 is 0 Å². The first kappa shape index (κ1) is 18.9. The summed E-state index contributed by atoms with van der Waals surface area (Å²) in [5.41, 5.74) is 0.381. The summed E-state index contributed by atoms with van der Waals surface area (Å²) in [7, 11) is -3.67. The first-order valence-corrected chi connectivity index (χ1v) is 11.2. The second-order valence-corrected chi connectivity index (χ2v) is 9.70. The molecule has 0 bridgehead atoms. The van der Waals surface area contributed by atoms with Gasteiger partial charge in [-0.3, -0.25) is 4.79 Å². The fourth-order valence-electron chi connectivity index (χ4n) is 4.29. The summed E-state index contributed by atoms with van der Waals surface area (Å²) in [5.74, 6) is 0.635. The minimum atomic E-state index is -3.67. The molecule has 4 rings (SSSR count). The Morgan fingerprint density at radius 1 is 1.11 bits per heavy atom. The Kier molecular flexibility index (Phi) is 5.02. The topological polar surface area (TPSA) is 93.0 Å². The first-order valence-electron chi connectivity index (χ1n) is 9.72. The third-order valence-electron chi connectivity index (χ3n) is 5.85. The number of hydrogen-bond acceptors (Lipinski definition) is 6. The third-order valence-corrected chi connectivity index (χ3v) is 7.96. The van der Waals surface area contributed by atoms with Crippen molar-refractivity contribution in [3.63, 3.8) is 0 Å². The average Bonchev–Trinajstić information content (AvgIpc) is 3.28. The molecule has 9 heteroatoms. The molecule has 0 aromatic carbocycles. The third kappa shape index (κ3) is 3.52. The Hall–Kier alpha value is -1.45. The van der Waals surface area contributed by atoms with Crippen LogP contribution < -0.4 is 0 Å². The maximum atomic E-state index is 13.1. The molecule has 1 unspecified atom stereocenters. The number of nitrogens with zero attached hydrogens (tertiary/aromatic N) is 3. The molecule has 1 aromatic heterocycles. The molecule has 1 atom stereocenters. The molecule has 8 nitrogen and oxygen atoms in total. The number of rotatable bonds is 5. The van der Waals surface area contributed by atoms with Crippen molar-refractivity contribution in [2.24, 2.45) is 5.92 Å². The van der Waals surface area contributed by atoms with Gasteiger partial charge in [-0.25, -0.2) is 8.42 Å². The van der Waals surface area contributed by atoms with E-state index in [1.807, 2.05) is 4.90 Å². The lowest BCUT2D eigenvalue weighted by Crippen LogP contribution is -2.51. The van der Waals surface area contributed by atoms with E-state index in [4.69, 9.17) is 9.26 Å². The smallest absolute Gasteiger partial charge is 0.248 e. The number of aryl methyl sites for hydroxylation is 2. The summed E-state index contributed by atoms with van der Waals surface area (Å²) in [6.07, 6.45) is 4.22. The van der Waals surface area contributed by atoms with E-state index in [9.17, 15) is 13.2 Å². The number of hydrogen-bond donors (Lipinski definition) is 0. The highest BCUT2D eigenvalue weighted by Gasteiger charge is 2.44. The Labute approximate surface area is 159 Å². The fraction of sp³-hybridized carbons (Fsp3) is 0.778. The van der Waals surface area contributed by atoms with Crippen LogP contribution in [0, 0.1) is 19.8 Å². The zero-order chi connectivity index (χ0) is 19.2. The molecule has 0 radical (unpaired) electrons. The Bertz CT molecular complexity index is 791. The number of amides is 1. The molecule has 3 aliphatic rings. The van der Waals surface area contributed by atoms with Gasteiger partial charge in [0.05, 0.1) is 0 Å². The minimum Gasteiger partial charge on any atom is -0.381 e. The zero-order valence-corrected chi connectivity index (χ0v) is 16.7. The molecule has 3 fully saturated rings. The van der Waals surface area contributed by atoms with Crippen LogP contribution in [0.3, 0.4) is 0 Å². The van der Waals surface area contributed by atoms with Gasteiger partial charge in [-0.05, 0) is 46.0 Å². The van der Waals surface area contributed by atoms with Crippen LogP contribution in [0.25, 0.3) is 0 Å². The molecule has 1 saturated carbocycles. The van der Waals surface area contributed by atoms with Crippen LogP contribution in [0.5, 0.6) is 0 Å². The highest BCUT2D eigenvalue weighted by molar-refractivity contribution is 7.89. The average molecular weight is 397 g/mol. The largest absolute Gasteiger partial charge is 0.381 e. The van der Waals surface area contributed by atoms with E-state index in [0.717, 1.165) is 25.7 Å². The van der Waals surface area contributed by atoms with E-state index in [1.165, 1.54) is 4.31 Å². The number of carbonyl (C=O) groups is 1. The predicted molar refractivity (Wildman–Crippen MR) is 96.6 cm³/mol. The van der Waals surface area contributed by atoms with Crippen molar-refractivity contribution in [3.05, 3.63) is 11.5 Å². The lowest BCUT2D eigenvalue weighted by molar-refractivity contribution is -0.139. The lowest BCUT2D eigenvalue weighted by atomic mass is 10.0. The summed E-state index contributed by atoms with van der Waals surface area (Å²) >= 11 is 0. The SMILES string of the molecule is Cc1noc(C)c1S(=O)(=O)N1CCC(N(C(=O)C2CC2)C2CCOCC2)C1. The fourth-order valence-corrected chi connectivity index (χ4v) is 6.07. The molecule has 2 aliphatic heterocycles. The van der Waals surface area contributed by atoms with Crippen molar-refractivity contribution in [3.8, 4) is 0 Å². The van der Waals surface area contributed by atoms with E-state index in [1.54, 1.807) is 13.8 Å². The monoisotopic (exact) mass is 397 g/mol. The van der Waals surface area contributed by atoms with Gasteiger partial charge < -0.3 is 14.2 Å².